The lowest BCUT2D eigenvalue weighted by molar-refractivity contribution is -0.126. The number of carbonyl (C=O) groups excluding carboxylic acids is 1. The van der Waals surface area contributed by atoms with Crippen LogP contribution in [0.1, 0.15) is 25.3 Å². The number of aliphatic hydroxyl groups excluding tert-OH is 1. The molecule has 0 aliphatic carbocycles. The fourth-order valence-electron chi connectivity index (χ4n) is 3.80. The first-order valence-electron chi connectivity index (χ1n) is 10.2. The number of nitrogens with two attached hydrogens (primary N) is 1. The molecule has 3 atom stereocenters. The lowest BCUT2D eigenvalue weighted by atomic mass is 9.94. The van der Waals surface area contributed by atoms with Crippen molar-refractivity contribution in [2.24, 2.45) is 32.5 Å². The number of guanidine groups is 1. The van der Waals surface area contributed by atoms with Crippen molar-refractivity contribution >= 4 is 23.9 Å². The van der Waals surface area contributed by atoms with Gasteiger partial charge in [0.2, 0.25) is 11.9 Å². The van der Waals surface area contributed by atoms with Gasteiger partial charge in [-0.3, -0.25) is 4.79 Å². The van der Waals surface area contributed by atoms with Crippen molar-refractivity contribution < 1.29 is 14.6 Å². The summed E-state index contributed by atoms with van der Waals surface area (Å²) < 4.78 is 5.26. The molecule has 2 aliphatic rings. The van der Waals surface area contributed by atoms with E-state index in [0.29, 0.717) is 12.5 Å². The largest absolute Gasteiger partial charge is 0.497 e. The molecule has 1 amide bonds. The number of hydrogen-bond donors (Lipinski definition) is 3. The van der Waals surface area contributed by atoms with Gasteiger partial charge < -0.3 is 25.8 Å². The van der Waals surface area contributed by atoms with E-state index < -0.39 is 0 Å². The van der Waals surface area contributed by atoms with Gasteiger partial charge in [0.1, 0.15) is 5.75 Å². The first-order chi connectivity index (χ1) is 14.6. The molecule has 3 rings (SSSR count). The molecule has 0 bridgehead atoms. The Balaban J connectivity index is 1.86. The Morgan fingerprint density at radius 1 is 1.43 bits per heavy atom. The van der Waals surface area contributed by atoms with Crippen LogP contribution in [0.4, 0.5) is 0 Å². The van der Waals surface area contributed by atoms with Gasteiger partial charge in [0.05, 0.1) is 31.7 Å². The van der Waals surface area contributed by atoms with Crippen molar-refractivity contribution in [1.82, 2.24) is 10.2 Å². The number of carbonyl (C=O) groups is 1. The minimum absolute atomic E-state index is 0.0459. The summed E-state index contributed by atoms with van der Waals surface area (Å²) in [6.07, 6.45) is 2.57. The van der Waals surface area contributed by atoms with Gasteiger partial charge in [0.15, 0.2) is 6.17 Å². The molecule has 1 fully saturated rings. The van der Waals surface area contributed by atoms with Crippen LogP contribution in [0, 0.1) is 11.8 Å². The van der Waals surface area contributed by atoms with E-state index in [1.807, 2.05) is 36.1 Å². The molecule has 3 unspecified atom stereocenters. The highest BCUT2D eigenvalue weighted by molar-refractivity contribution is 6.10. The topological polar surface area (TPSA) is 125 Å². The highest BCUT2D eigenvalue weighted by atomic mass is 16.5. The van der Waals surface area contributed by atoms with Gasteiger partial charge in [-0.25, -0.2) is 15.0 Å². The smallest absolute Gasteiger partial charge is 0.224 e. The van der Waals surface area contributed by atoms with Gasteiger partial charge in [0, 0.05) is 25.6 Å². The Morgan fingerprint density at radius 3 is 2.87 bits per heavy atom. The molecule has 0 spiro atoms. The Bertz CT molecular complexity index is 821. The van der Waals surface area contributed by atoms with Gasteiger partial charge in [-0.15, -0.1) is 0 Å². The standard InChI is InChI=1S/C21H30N6O3/c1-14-18(15-5-7-17(30-2)8-6-15)25-21(26-19(14)24-13-22)27-10-3-4-16(12-27)20(29)23-9-11-28/h5-8,13-14,16,19,28H,3-4,9-12H2,1-2H3,(H2,22,24)(H,23,29). The third-order valence-corrected chi connectivity index (χ3v) is 5.46. The molecule has 1 aromatic carbocycles. The number of amides is 1. The van der Waals surface area contributed by atoms with Crippen LogP contribution in [0.3, 0.4) is 0 Å². The van der Waals surface area contributed by atoms with E-state index in [1.165, 1.54) is 6.34 Å². The molecular formula is C21H30N6O3. The van der Waals surface area contributed by atoms with Crippen LogP contribution in [0.25, 0.3) is 0 Å². The number of aliphatic imine (C=N–C) groups is 3. The monoisotopic (exact) mass is 414 g/mol. The normalized spacial score (nSPS) is 24.4. The summed E-state index contributed by atoms with van der Waals surface area (Å²) in [4.78, 5) is 28.3. The maximum absolute atomic E-state index is 12.4. The van der Waals surface area contributed by atoms with E-state index in [2.05, 4.69) is 10.3 Å². The number of nitrogens with zero attached hydrogens (tertiary/aromatic N) is 4. The van der Waals surface area contributed by atoms with Gasteiger partial charge in [-0.2, -0.15) is 0 Å². The molecule has 30 heavy (non-hydrogen) atoms. The predicted octanol–water partition coefficient (Wildman–Crippen LogP) is 0.624. The molecule has 1 aromatic rings. The SMILES string of the molecule is COc1ccc(C2=NC(N3CCCC(C(=O)NCCO)C3)=NC(N=CN)C2C)cc1. The molecule has 9 heteroatoms. The van der Waals surface area contributed by atoms with Gasteiger partial charge in [0.25, 0.3) is 0 Å². The number of piperidine rings is 1. The van der Waals surface area contributed by atoms with E-state index in [-0.39, 0.29) is 37.1 Å². The highest BCUT2D eigenvalue weighted by Crippen LogP contribution is 2.26. The zero-order chi connectivity index (χ0) is 21.5. The Kier molecular flexibility index (Phi) is 7.40. The summed E-state index contributed by atoms with van der Waals surface area (Å²) in [7, 11) is 1.63. The van der Waals surface area contributed by atoms with Crippen LogP contribution in [0.2, 0.25) is 0 Å². The minimum atomic E-state index is -0.372. The van der Waals surface area contributed by atoms with Crippen LogP contribution >= 0.6 is 0 Å². The zero-order valence-electron chi connectivity index (χ0n) is 17.5. The fourth-order valence-corrected chi connectivity index (χ4v) is 3.80. The highest BCUT2D eigenvalue weighted by Gasteiger charge is 2.32. The molecular weight excluding hydrogens is 384 g/mol. The van der Waals surface area contributed by atoms with Crippen molar-refractivity contribution in [2.75, 3.05) is 33.4 Å². The predicted molar refractivity (Wildman–Crippen MR) is 117 cm³/mol. The summed E-state index contributed by atoms with van der Waals surface area (Å²) in [5, 5.41) is 11.7. The lowest BCUT2D eigenvalue weighted by Crippen LogP contribution is -2.47. The molecule has 0 radical (unpaired) electrons. The van der Waals surface area contributed by atoms with E-state index >= 15 is 0 Å². The maximum atomic E-state index is 12.4. The van der Waals surface area contributed by atoms with E-state index in [0.717, 1.165) is 36.4 Å². The molecule has 2 aliphatic heterocycles. The molecule has 0 aromatic heterocycles. The quantitative estimate of drug-likeness (QED) is 0.465. The van der Waals surface area contributed by atoms with Crippen LogP contribution in [0.5, 0.6) is 5.75 Å². The second kappa shape index (κ2) is 10.2. The average Bonchev–Trinajstić information content (AvgIpc) is 2.79. The molecule has 0 saturated carbocycles. The van der Waals surface area contributed by atoms with Crippen molar-refractivity contribution in [3.8, 4) is 5.75 Å². The lowest BCUT2D eigenvalue weighted by Gasteiger charge is -2.35. The summed E-state index contributed by atoms with van der Waals surface area (Å²) in [5.74, 6) is 1.10. The third kappa shape index (κ3) is 4.96. The second-order valence-electron chi connectivity index (χ2n) is 7.45. The number of ether oxygens (including phenoxy) is 1. The molecule has 162 valence electrons. The summed E-state index contributed by atoms with van der Waals surface area (Å²) >= 11 is 0. The number of rotatable bonds is 6. The average molecular weight is 415 g/mol. The summed E-state index contributed by atoms with van der Waals surface area (Å²) in [5.41, 5.74) is 7.43. The zero-order valence-corrected chi connectivity index (χ0v) is 17.5. The number of likely N-dealkylation sites (tertiary alicyclic amines) is 1. The van der Waals surface area contributed by atoms with Crippen molar-refractivity contribution in [2.45, 2.75) is 25.9 Å². The second-order valence-corrected chi connectivity index (χ2v) is 7.45. The van der Waals surface area contributed by atoms with Crippen LogP contribution in [-0.2, 0) is 4.79 Å². The summed E-state index contributed by atoms with van der Waals surface area (Å²) in [6, 6.07) is 7.75. The van der Waals surface area contributed by atoms with Gasteiger partial charge in [-0.1, -0.05) is 6.92 Å². The molecule has 2 heterocycles. The first kappa shape index (κ1) is 21.8. The van der Waals surface area contributed by atoms with Crippen molar-refractivity contribution in [3.05, 3.63) is 29.8 Å². The Morgan fingerprint density at radius 2 is 2.20 bits per heavy atom. The number of hydrogen-bond acceptors (Lipinski definition) is 7. The van der Waals surface area contributed by atoms with Crippen molar-refractivity contribution in [1.29, 1.82) is 0 Å². The molecule has 9 nitrogen and oxygen atoms in total. The molecule has 1 saturated heterocycles. The number of benzene rings is 1. The first-order valence-corrected chi connectivity index (χ1v) is 10.2. The van der Waals surface area contributed by atoms with Gasteiger partial charge >= 0.3 is 0 Å². The van der Waals surface area contributed by atoms with E-state index in [1.54, 1.807) is 7.11 Å². The molecule has 4 N–H and O–H groups in total. The number of aliphatic hydroxyl groups is 1. The Hall–Kier alpha value is -2.94. The Labute approximate surface area is 176 Å². The van der Waals surface area contributed by atoms with E-state index in [4.69, 9.17) is 25.6 Å². The van der Waals surface area contributed by atoms with Crippen molar-refractivity contribution in [3.63, 3.8) is 0 Å². The van der Waals surface area contributed by atoms with Crippen LogP contribution < -0.4 is 15.8 Å². The van der Waals surface area contributed by atoms with Crippen LogP contribution in [0.15, 0.2) is 39.2 Å². The fraction of sp³-hybridized carbons (Fsp3) is 0.524. The van der Waals surface area contributed by atoms with Crippen LogP contribution in [-0.4, -0.2) is 73.4 Å². The minimum Gasteiger partial charge on any atom is -0.497 e. The summed E-state index contributed by atoms with van der Waals surface area (Å²) in [6.45, 7) is 3.53. The van der Waals surface area contributed by atoms with Gasteiger partial charge in [-0.05, 0) is 42.7 Å². The number of nitrogens with one attached hydrogen (secondary N) is 1. The van der Waals surface area contributed by atoms with E-state index in [9.17, 15) is 4.79 Å². The number of methoxy groups -OCH3 is 1. The third-order valence-electron chi connectivity index (χ3n) is 5.46. The maximum Gasteiger partial charge on any atom is 0.224 e.